The van der Waals surface area contributed by atoms with Gasteiger partial charge in [0.25, 0.3) is 5.91 Å². The van der Waals surface area contributed by atoms with Crippen LogP contribution in [-0.4, -0.2) is 69.8 Å². The van der Waals surface area contributed by atoms with Gasteiger partial charge in [-0.15, -0.1) is 11.8 Å². The number of anilines is 1. The number of fused-ring (bicyclic) bond motifs is 1. The fraction of sp³-hybridized carbons (Fsp3) is 0.500. The van der Waals surface area contributed by atoms with E-state index in [2.05, 4.69) is 5.32 Å². The van der Waals surface area contributed by atoms with E-state index < -0.39 is 0 Å². The van der Waals surface area contributed by atoms with Crippen LogP contribution in [0.3, 0.4) is 0 Å². The molecule has 8 heteroatoms. The second-order valence-corrected chi connectivity index (χ2v) is 8.87. The van der Waals surface area contributed by atoms with Gasteiger partial charge in [-0.2, -0.15) is 11.8 Å². The highest BCUT2D eigenvalue weighted by atomic mass is 32.2. The summed E-state index contributed by atoms with van der Waals surface area (Å²) in [5.41, 5.74) is 2.36. The SMILES string of the molecule is O=C1CCc2cc(C(=O)N3CSCC3C(=O)N3CCSCC3)ccc2N1. The van der Waals surface area contributed by atoms with Gasteiger partial charge in [-0.05, 0) is 30.2 Å². The van der Waals surface area contributed by atoms with Crippen molar-refractivity contribution in [2.45, 2.75) is 18.9 Å². The largest absolute Gasteiger partial charge is 0.339 e. The predicted octanol–water partition coefficient (Wildman–Crippen LogP) is 1.66. The van der Waals surface area contributed by atoms with E-state index >= 15 is 0 Å². The monoisotopic (exact) mass is 391 g/mol. The molecule has 3 heterocycles. The fourth-order valence-corrected chi connectivity index (χ4v) is 5.57. The zero-order valence-electron chi connectivity index (χ0n) is 14.4. The number of hydrogen-bond acceptors (Lipinski definition) is 5. The summed E-state index contributed by atoms with van der Waals surface area (Å²) in [6.45, 7) is 1.54. The number of carbonyl (C=O) groups excluding carboxylic acids is 3. The van der Waals surface area contributed by atoms with Crippen LogP contribution < -0.4 is 5.32 Å². The first-order valence-corrected chi connectivity index (χ1v) is 11.1. The Balaban J connectivity index is 1.51. The molecule has 6 nitrogen and oxygen atoms in total. The van der Waals surface area contributed by atoms with E-state index in [0.717, 1.165) is 35.8 Å². The van der Waals surface area contributed by atoms with Crippen molar-refractivity contribution >= 4 is 46.9 Å². The summed E-state index contributed by atoms with van der Waals surface area (Å²) in [5, 5.41) is 2.83. The maximum Gasteiger partial charge on any atom is 0.255 e. The molecule has 3 aliphatic heterocycles. The Kier molecular flexibility index (Phi) is 5.13. The number of nitrogens with zero attached hydrogens (tertiary/aromatic N) is 2. The third-order valence-electron chi connectivity index (χ3n) is 5.00. The van der Waals surface area contributed by atoms with Gasteiger partial charge in [0, 0.05) is 48.0 Å². The molecular weight excluding hydrogens is 370 g/mol. The quantitative estimate of drug-likeness (QED) is 0.830. The first kappa shape index (κ1) is 17.7. The third-order valence-corrected chi connectivity index (χ3v) is 6.95. The van der Waals surface area contributed by atoms with Gasteiger partial charge in [-0.1, -0.05) is 0 Å². The molecule has 1 atom stereocenters. The molecule has 2 saturated heterocycles. The van der Waals surface area contributed by atoms with Gasteiger partial charge in [0.15, 0.2) is 0 Å². The van der Waals surface area contributed by atoms with E-state index in [1.807, 2.05) is 22.7 Å². The van der Waals surface area contributed by atoms with Gasteiger partial charge in [0.1, 0.15) is 6.04 Å². The molecule has 3 aliphatic rings. The molecule has 4 rings (SSSR count). The van der Waals surface area contributed by atoms with Crippen LogP contribution in [0, 0.1) is 0 Å². The molecule has 0 spiro atoms. The second kappa shape index (κ2) is 7.52. The first-order valence-electron chi connectivity index (χ1n) is 8.81. The molecule has 1 N–H and O–H groups in total. The molecule has 1 aromatic rings. The minimum Gasteiger partial charge on any atom is -0.339 e. The lowest BCUT2D eigenvalue weighted by Gasteiger charge is -2.32. The lowest BCUT2D eigenvalue weighted by atomic mass is 9.99. The summed E-state index contributed by atoms with van der Waals surface area (Å²) in [5.74, 6) is 3.14. The smallest absolute Gasteiger partial charge is 0.255 e. The predicted molar refractivity (Wildman–Crippen MR) is 105 cm³/mol. The molecule has 1 aromatic carbocycles. The van der Waals surface area contributed by atoms with Gasteiger partial charge in [-0.25, -0.2) is 0 Å². The molecule has 0 radical (unpaired) electrons. The van der Waals surface area contributed by atoms with Crippen LogP contribution in [0.1, 0.15) is 22.3 Å². The van der Waals surface area contributed by atoms with Crippen LogP contribution in [0.5, 0.6) is 0 Å². The Bertz CT molecular complexity index is 749. The molecule has 2 fully saturated rings. The highest BCUT2D eigenvalue weighted by Gasteiger charge is 2.38. The third kappa shape index (κ3) is 3.44. The van der Waals surface area contributed by atoms with Crippen LogP contribution in [0.25, 0.3) is 0 Å². The van der Waals surface area contributed by atoms with Crippen LogP contribution in [-0.2, 0) is 16.0 Å². The number of benzene rings is 1. The summed E-state index contributed by atoms with van der Waals surface area (Å²) in [6, 6.07) is 5.03. The molecule has 3 amide bonds. The van der Waals surface area contributed by atoms with E-state index in [-0.39, 0.29) is 23.8 Å². The van der Waals surface area contributed by atoms with Gasteiger partial charge in [-0.3, -0.25) is 14.4 Å². The van der Waals surface area contributed by atoms with Crippen LogP contribution in [0.4, 0.5) is 5.69 Å². The summed E-state index contributed by atoms with van der Waals surface area (Å²) in [7, 11) is 0. The van der Waals surface area contributed by atoms with E-state index in [9.17, 15) is 14.4 Å². The van der Waals surface area contributed by atoms with Crippen molar-refractivity contribution in [1.29, 1.82) is 0 Å². The number of hydrogen-bond donors (Lipinski definition) is 1. The van der Waals surface area contributed by atoms with Crippen molar-refractivity contribution < 1.29 is 14.4 Å². The number of aryl methyl sites for hydroxylation is 1. The standard InChI is InChI=1S/C18H21N3O3S2/c22-16-4-2-12-9-13(1-3-14(12)19-16)17(23)21-11-26-10-15(21)18(24)20-5-7-25-8-6-20/h1,3,9,15H,2,4-8,10-11H2,(H,19,22). The number of amides is 3. The Morgan fingerprint density at radius 2 is 1.92 bits per heavy atom. The van der Waals surface area contributed by atoms with E-state index in [4.69, 9.17) is 0 Å². The molecule has 0 bridgehead atoms. The molecule has 0 saturated carbocycles. The molecule has 1 unspecified atom stereocenters. The van der Waals surface area contributed by atoms with E-state index in [1.54, 1.807) is 28.8 Å². The summed E-state index contributed by atoms with van der Waals surface area (Å²) < 4.78 is 0. The second-order valence-electron chi connectivity index (χ2n) is 6.65. The van der Waals surface area contributed by atoms with Crippen LogP contribution in [0.2, 0.25) is 0 Å². The van der Waals surface area contributed by atoms with Crippen molar-refractivity contribution in [2.75, 3.05) is 41.5 Å². The normalized spacial score (nSPS) is 22.8. The zero-order valence-corrected chi connectivity index (χ0v) is 16.0. The van der Waals surface area contributed by atoms with Crippen molar-refractivity contribution in [1.82, 2.24) is 9.80 Å². The minimum atomic E-state index is -0.369. The zero-order chi connectivity index (χ0) is 18.1. The Morgan fingerprint density at radius 3 is 2.73 bits per heavy atom. The average Bonchev–Trinajstić information content (AvgIpc) is 3.17. The summed E-state index contributed by atoms with van der Waals surface area (Å²) in [6.07, 6.45) is 1.09. The lowest BCUT2D eigenvalue weighted by molar-refractivity contribution is -0.134. The van der Waals surface area contributed by atoms with Gasteiger partial charge in [0.2, 0.25) is 11.8 Å². The van der Waals surface area contributed by atoms with Crippen molar-refractivity contribution in [3.8, 4) is 0 Å². The lowest BCUT2D eigenvalue weighted by Crippen LogP contribution is -2.51. The van der Waals surface area contributed by atoms with Gasteiger partial charge >= 0.3 is 0 Å². The number of rotatable bonds is 2. The van der Waals surface area contributed by atoms with E-state index in [0.29, 0.717) is 30.0 Å². The number of thioether (sulfide) groups is 2. The minimum absolute atomic E-state index is 0.0119. The van der Waals surface area contributed by atoms with Crippen molar-refractivity contribution in [3.05, 3.63) is 29.3 Å². The molecule has 138 valence electrons. The van der Waals surface area contributed by atoms with Gasteiger partial charge in [0.05, 0.1) is 5.88 Å². The highest BCUT2D eigenvalue weighted by Crippen LogP contribution is 2.28. The molecule has 26 heavy (non-hydrogen) atoms. The highest BCUT2D eigenvalue weighted by molar-refractivity contribution is 7.99. The Labute approximate surface area is 161 Å². The molecule has 0 aromatic heterocycles. The van der Waals surface area contributed by atoms with Crippen molar-refractivity contribution in [3.63, 3.8) is 0 Å². The summed E-state index contributed by atoms with van der Waals surface area (Å²) in [4.78, 5) is 41.0. The van der Waals surface area contributed by atoms with Crippen LogP contribution >= 0.6 is 23.5 Å². The Morgan fingerprint density at radius 1 is 1.12 bits per heavy atom. The topological polar surface area (TPSA) is 69.7 Å². The molecular formula is C18H21N3O3S2. The van der Waals surface area contributed by atoms with Gasteiger partial charge < -0.3 is 15.1 Å². The maximum atomic E-state index is 13.0. The van der Waals surface area contributed by atoms with Crippen molar-refractivity contribution in [2.24, 2.45) is 0 Å². The fourth-order valence-electron chi connectivity index (χ4n) is 3.52. The van der Waals surface area contributed by atoms with Crippen LogP contribution in [0.15, 0.2) is 18.2 Å². The molecule has 0 aliphatic carbocycles. The Hall–Kier alpha value is -1.67. The first-order chi connectivity index (χ1) is 12.6. The number of carbonyl (C=O) groups is 3. The van der Waals surface area contributed by atoms with E-state index in [1.165, 1.54) is 0 Å². The summed E-state index contributed by atoms with van der Waals surface area (Å²) >= 11 is 3.50. The number of nitrogens with one attached hydrogen (secondary N) is 1. The average molecular weight is 392 g/mol. The maximum absolute atomic E-state index is 13.0.